The number of nitrogens with zero attached hydrogens (tertiary/aromatic N) is 1. The number of anilines is 2. The first-order chi connectivity index (χ1) is 11.4. The van der Waals surface area contributed by atoms with Crippen LogP contribution in [0.2, 0.25) is 0 Å². The van der Waals surface area contributed by atoms with Crippen LogP contribution in [0.4, 0.5) is 15.9 Å². The highest BCUT2D eigenvalue weighted by Crippen LogP contribution is 2.19. The summed E-state index contributed by atoms with van der Waals surface area (Å²) in [6, 6.07) is 4.83. The average Bonchev–Trinajstić information content (AvgIpc) is 2.51. The van der Waals surface area contributed by atoms with Crippen LogP contribution in [-0.2, 0) is 4.79 Å². The van der Waals surface area contributed by atoms with Gasteiger partial charge >= 0.3 is 0 Å². The molecule has 0 radical (unpaired) electrons. The SMILES string of the molecule is CCSc1nc(NC(C)=O)c(NC(=O)c2ccc(F)cc2)c(=O)[nH]1. The first-order valence-corrected chi connectivity index (χ1v) is 8.01. The summed E-state index contributed by atoms with van der Waals surface area (Å²) in [5.41, 5.74) is -0.614. The Bertz CT molecular complexity index is 820. The Kier molecular flexibility index (Phi) is 5.69. The zero-order valence-electron chi connectivity index (χ0n) is 13.0. The number of nitrogens with one attached hydrogen (secondary N) is 3. The van der Waals surface area contributed by atoms with Gasteiger partial charge in [-0.25, -0.2) is 9.37 Å². The molecule has 7 nitrogen and oxygen atoms in total. The lowest BCUT2D eigenvalue weighted by molar-refractivity contribution is -0.114. The third kappa shape index (κ3) is 4.42. The van der Waals surface area contributed by atoms with Crippen molar-refractivity contribution in [2.45, 2.75) is 19.0 Å². The lowest BCUT2D eigenvalue weighted by Crippen LogP contribution is -2.24. The number of aromatic nitrogens is 2. The topological polar surface area (TPSA) is 104 Å². The van der Waals surface area contributed by atoms with Crippen molar-refractivity contribution in [3.8, 4) is 0 Å². The van der Waals surface area contributed by atoms with Crippen LogP contribution < -0.4 is 16.2 Å². The highest BCUT2D eigenvalue weighted by atomic mass is 32.2. The summed E-state index contributed by atoms with van der Waals surface area (Å²) >= 11 is 1.28. The molecule has 0 bridgehead atoms. The smallest absolute Gasteiger partial charge is 0.277 e. The fraction of sp³-hybridized carbons (Fsp3) is 0.200. The minimum atomic E-state index is -0.621. The predicted molar refractivity (Wildman–Crippen MR) is 89.9 cm³/mol. The molecule has 0 saturated carbocycles. The minimum Gasteiger partial charge on any atom is -0.314 e. The number of carbonyl (C=O) groups excluding carboxylic acids is 2. The van der Waals surface area contributed by atoms with Crippen molar-refractivity contribution < 1.29 is 14.0 Å². The van der Waals surface area contributed by atoms with Crippen molar-refractivity contribution >= 4 is 35.1 Å². The Morgan fingerprint density at radius 1 is 1.25 bits per heavy atom. The van der Waals surface area contributed by atoms with Gasteiger partial charge in [0.05, 0.1) is 0 Å². The quantitative estimate of drug-likeness (QED) is 0.567. The van der Waals surface area contributed by atoms with Crippen LogP contribution in [-0.4, -0.2) is 27.5 Å². The summed E-state index contributed by atoms with van der Waals surface area (Å²) < 4.78 is 12.9. The van der Waals surface area contributed by atoms with E-state index in [-0.39, 0.29) is 17.1 Å². The molecule has 2 amide bonds. The van der Waals surface area contributed by atoms with Gasteiger partial charge in [-0.1, -0.05) is 18.7 Å². The molecule has 1 heterocycles. The van der Waals surface area contributed by atoms with Gasteiger partial charge in [-0.05, 0) is 30.0 Å². The van der Waals surface area contributed by atoms with Crippen molar-refractivity contribution in [2.75, 3.05) is 16.4 Å². The number of amides is 2. The van der Waals surface area contributed by atoms with E-state index in [4.69, 9.17) is 0 Å². The average molecular weight is 350 g/mol. The Morgan fingerprint density at radius 3 is 2.50 bits per heavy atom. The highest BCUT2D eigenvalue weighted by molar-refractivity contribution is 7.99. The van der Waals surface area contributed by atoms with Gasteiger partial charge in [0.15, 0.2) is 16.7 Å². The van der Waals surface area contributed by atoms with E-state index < -0.39 is 23.2 Å². The molecule has 126 valence electrons. The Labute approximate surface area is 141 Å². The second kappa shape index (κ2) is 7.73. The van der Waals surface area contributed by atoms with Gasteiger partial charge in [-0.2, -0.15) is 0 Å². The highest BCUT2D eigenvalue weighted by Gasteiger charge is 2.16. The Balaban J connectivity index is 2.37. The van der Waals surface area contributed by atoms with E-state index in [1.54, 1.807) is 0 Å². The summed E-state index contributed by atoms with van der Waals surface area (Å²) in [5, 5.41) is 5.14. The molecular formula is C15H15FN4O3S. The van der Waals surface area contributed by atoms with E-state index in [1.807, 2.05) is 6.92 Å². The summed E-state index contributed by atoms with van der Waals surface area (Å²) in [4.78, 5) is 42.4. The number of hydrogen-bond donors (Lipinski definition) is 3. The lowest BCUT2D eigenvalue weighted by Gasteiger charge is -2.11. The zero-order valence-corrected chi connectivity index (χ0v) is 13.8. The van der Waals surface area contributed by atoms with Gasteiger partial charge in [0.1, 0.15) is 5.82 Å². The van der Waals surface area contributed by atoms with Gasteiger partial charge in [-0.3, -0.25) is 19.4 Å². The number of aromatic amines is 1. The van der Waals surface area contributed by atoms with Gasteiger partial charge in [0.2, 0.25) is 5.91 Å². The van der Waals surface area contributed by atoms with Crippen LogP contribution >= 0.6 is 11.8 Å². The maximum Gasteiger partial charge on any atom is 0.277 e. The second-order valence-corrected chi connectivity index (χ2v) is 5.92. The number of carbonyl (C=O) groups is 2. The monoisotopic (exact) mass is 350 g/mol. The van der Waals surface area contributed by atoms with Crippen LogP contribution in [0.5, 0.6) is 0 Å². The van der Waals surface area contributed by atoms with Crippen molar-refractivity contribution in [3.05, 3.63) is 46.0 Å². The van der Waals surface area contributed by atoms with E-state index in [9.17, 15) is 18.8 Å². The number of rotatable bonds is 5. The van der Waals surface area contributed by atoms with E-state index in [0.29, 0.717) is 10.9 Å². The van der Waals surface area contributed by atoms with Crippen LogP contribution in [0.3, 0.4) is 0 Å². The van der Waals surface area contributed by atoms with Crippen molar-refractivity contribution in [3.63, 3.8) is 0 Å². The standard InChI is InChI=1S/C15H15FN4O3S/c1-3-24-15-19-12(17-8(2)21)11(14(23)20-15)18-13(22)9-4-6-10(16)7-5-9/h4-7H,3H2,1-2H3,(H,18,22)(H2,17,19,20,21,23). The van der Waals surface area contributed by atoms with E-state index >= 15 is 0 Å². The number of thioether (sulfide) groups is 1. The molecule has 3 N–H and O–H groups in total. The molecule has 24 heavy (non-hydrogen) atoms. The van der Waals surface area contributed by atoms with E-state index in [2.05, 4.69) is 20.6 Å². The molecule has 0 aliphatic heterocycles. The lowest BCUT2D eigenvalue weighted by atomic mass is 10.2. The van der Waals surface area contributed by atoms with Crippen molar-refractivity contribution in [1.29, 1.82) is 0 Å². The molecule has 9 heteroatoms. The number of benzene rings is 1. The Morgan fingerprint density at radius 2 is 1.92 bits per heavy atom. The molecule has 0 unspecified atom stereocenters. The Hall–Kier alpha value is -2.68. The first kappa shape index (κ1) is 17.7. The third-order valence-electron chi connectivity index (χ3n) is 2.82. The number of H-pyrrole nitrogens is 1. The van der Waals surface area contributed by atoms with Crippen LogP contribution in [0.1, 0.15) is 24.2 Å². The van der Waals surface area contributed by atoms with Crippen LogP contribution in [0.15, 0.2) is 34.2 Å². The maximum absolute atomic E-state index is 12.9. The molecule has 0 fully saturated rings. The predicted octanol–water partition coefficient (Wildman–Crippen LogP) is 2.23. The largest absolute Gasteiger partial charge is 0.314 e. The van der Waals surface area contributed by atoms with E-state index in [1.165, 1.54) is 30.8 Å². The summed E-state index contributed by atoms with van der Waals surface area (Å²) in [7, 11) is 0. The second-order valence-electron chi connectivity index (χ2n) is 4.67. The molecule has 0 atom stereocenters. The van der Waals surface area contributed by atoms with Gasteiger partial charge < -0.3 is 10.6 Å². The minimum absolute atomic E-state index is 0.0438. The molecular weight excluding hydrogens is 335 g/mol. The molecule has 1 aromatic heterocycles. The van der Waals surface area contributed by atoms with E-state index in [0.717, 1.165) is 12.1 Å². The zero-order chi connectivity index (χ0) is 17.7. The fourth-order valence-corrected chi connectivity index (χ4v) is 2.41. The fourth-order valence-electron chi connectivity index (χ4n) is 1.82. The van der Waals surface area contributed by atoms with Crippen LogP contribution in [0.25, 0.3) is 0 Å². The molecule has 0 aliphatic rings. The normalized spacial score (nSPS) is 10.3. The summed E-state index contributed by atoms with van der Waals surface area (Å²) in [6.07, 6.45) is 0. The first-order valence-electron chi connectivity index (χ1n) is 7.02. The van der Waals surface area contributed by atoms with Gasteiger partial charge in [-0.15, -0.1) is 0 Å². The van der Waals surface area contributed by atoms with Crippen LogP contribution in [0, 0.1) is 5.82 Å². The summed E-state index contributed by atoms with van der Waals surface area (Å²) in [5.74, 6) is -0.907. The molecule has 0 aliphatic carbocycles. The molecule has 1 aromatic carbocycles. The van der Waals surface area contributed by atoms with Gasteiger partial charge in [0, 0.05) is 12.5 Å². The number of hydrogen-bond acceptors (Lipinski definition) is 5. The molecule has 2 rings (SSSR count). The van der Waals surface area contributed by atoms with Crippen molar-refractivity contribution in [1.82, 2.24) is 9.97 Å². The maximum atomic E-state index is 12.9. The summed E-state index contributed by atoms with van der Waals surface area (Å²) in [6.45, 7) is 3.15. The third-order valence-corrected chi connectivity index (χ3v) is 3.57. The van der Waals surface area contributed by atoms with Crippen molar-refractivity contribution in [2.24, 2.45) is 0 Å². The molecule has 2 aromatic rings. The number of halogens is 1. The van der Waals surface area contributed by atoms with Gasteiger partial charge in [0.25, 0.3) is 11.5 Å². The molecule has 0 saturated heterocycles. The molecule has 0 spiro atoms.